The van der Waals surface area contributed by atoms with E-state index in [1.165, 1.54) is 0 Å². The Morgan fingerprint density at radius 1 is 1.45 bits per heavy atom. The van der Waals surface area contributed by atoms with Crippen molar-refractivity contribution in [2.75, 3.05) is 25.5 Å². The minimum absolute atomic E-state index is 0.116. The first-order valence-corrected chi connectivity index (χ1v) is 6.56. The zero-order valence-electron chi connectivity index (χ0n) is 11.8. The second-order valence-electron chi connectivity index (χ2n) is 4.53. The average molecular weight is 273 g/mol. The standard InChI is InChI=1S/C14H19N5O/c1-15-14(20)12-5-3-6-17-13(12)18(2)8-4-9-19-10-7-16-11-19/h3,5-7,10-11H,4,8-9H2,1-2H3,(H,15,20). The summed E-state index contributed by atoms with van der Waals surface area (Å²) in [6.07, 6.45) is 8.17. The molecule has 6 nitrogen and oxygen atoms in total. The second-order valence-corrected chi connectivity index (χ2v) is 4.53. The van der Waals surface area contributed by atoms with Crippen molar-refractivity contribution in [2.24, 2.45) is 0 Å². The highest BCUT2D eigenvalue weighted by atomic mass is 16.1. The summed E-state index contributed by atoms with van der Waals surface area (Å²) >= 11 is 0. The number of amides is 1. The minimum atomic E-state index is -0.116. The van der Waals surface area contributed by atoms with E-state index in [1.807, 2.05) is 22.7 Å². The Balaban J connectivity index is 1.98. The van der Waals surface area contributed by atoms with Crippen molar-refractivity contribution in [2.45, 2.75) is 13.0 Å². The summed E-state index contributed by atoms with van der Waals surface area (Å²) in [5.74, 6) is 0.590. The highest BCUT2D eigenvalue weighted by Gasteiger charge is 2.13. The summed E-state index contributed by atoms with van der Waals surface area (Å²) < 4.78 is 2.03. The van der Waals surface area contributed by atoms with E-state index in [0.29, 0.717) is 11.4 Å². The van der Waals surface area contributed by atoms with Gasteiger partial charge in [-0.3, -0.25) is 4.79 Å². The van der Waals surface area contributed by atoms with Gasteiger partial charge in [0.2, 0.25) is 0 Å². The predicted octanol–water partition coefficient (Wildman–Crippen LogP) is 1.16. The molecule has 2 aromatic heterocycles. The molecule has 20 heavy (non-hydrogen) atoms. The van der Waals surface area contributed by atoms with Gasteiger partial charge in [0.25, 0.3) is 5.91 Å². The van der Waals surface area contributed by atoms with Crippen LogP contribution in [-0.4, -0.2) is 41.1 Å². The number of pyridine rings is 1. The second kappa shape index (κ2) is 6.70. The van der Waals surface area contributed by atoms with Gasteiger partial charge in [0.05, 0.1) is 11.9 Å². The lowest BCUT2D eigenvalue weighted by molar-refractivity contribution is 0.0963. The number of carbonyl (C=O) groups excluding carboxylic acids is 1. The third kappa shape index (κ3) is 3.34. The highest BCUT2D eigenvalue weighted by molar-refractivity contribution is 5.98. The molecule has 2 aromatic rings. The largest absolute Gasteiger partial charge is 0.359 e. The fourth-order valence-corrected chi connectivity index (χ4v) is 2.03. The van der Waals surface area contributed by atoms with Crippen molar-refractivity contribution in [1.29, 1.82) is 0 Å². The zero-order chi connectivity index (χ0) is 14.4. The van der Waals surface area contributed by atoms with E-state index in [2.05, 4.69) is 15.3 Å². The summed E-state index contributed by atoms with van der Waals surface area (Å²) in [6, 6.07) is 3.56. The molecule has 0 aliphatic heterocycles. The van der Waals surface area contributed by atoms with E-state index >= 15 is 0 Å². The molecule has 0 unspecified atom stereocenters. The van der Waals surface area contributed by atoms with Gasteiger partial charge >= 0.3 is 0 Å². The monoisotopic (exact) mass is 273 g/mol. The fraction of sp³-hybridized carbons (Fsp3) is 0.357. The highest BCUT2D eigenvalue weighted by Crippen LogP contribution is 2.15. The van der Waals surface area contributed by atoms with Gasteiger partial charge in [0.1, 0.15) is 5.82 Å². The maximum atomic E-state index is 11.8. The zero-order valence-corrected chi connectivity index (χ0v) is 11.8. The van der Waals surface area contributed by atoms with Crippen LogP contribution in [-0.2, 0) is 6.54 Å². The number of hydrogen-bond acceptors (Lipinski definition) is 4. The first-order valence-electron chi connectivity index (χ1n) is 6.56. The molecule has 0 atom stereocenters. The molecule has 1 N–H and O–H groups in total. The molecule has 0 fully saturated rings. The topological polar surface area (TPSA) is 63.1 Å². The first-order chi connectivity index (χ1) is 9.72. The van der Waals surface area contributed by atoms with Crippen LogP contribution in [0.25, 0.3) is 0 Å². The van der Waals surface area contributed by atoms with E-state index in [1.54, 1.807) is 37.9 Å². The predicted molar refractivity (Wildman–Crippen MR) is 77.7 cm³/mol. The number of nitrogens with zero attached hydrogens (tertiary/aromatic N) is 4. The number of nitrogens with one attached hydrogen (secondary N) is 1. The average Bonchev–Trinajstić information content (AvgIpc) is 2.99. The van der Waals surface area contributed by atoms with Gasteiger partial charge in [0.15, 0.2) is 0 Å². The van der Waals surface area contributed by atoms with Gasteiger partial charge in [-0.25, -0.2) is 9.97 Å². The number of aryl methyl sites for hydroxylation is 1. The van der Waals surface area contributed by atoms with Crippen LogP contribution in [0.15, 0.2) is 37.1 Å². The summed E-state index contributed by atoms with van der Waals surface area (Å²) in [5.41, 5.74) is 0.597. The molecule has 0 aliphatic rings. The van der Waals surface area contributed by atoms with Crippen molar-refractivity contribution in [3.63, 3.8) is 0 Å². The molecule has 2 heterocycles. The van der Waals surface area contributed by atoms with Crippen LogP contribution in [0.2, 0.25) is 0 Å². The van der Waals surface area contributed by atoms with Gasteiger partial charge in [-0.15, -0.1) is 0 Å². The molecule has 0 spiro atoms. The van der Waals surface area contributed by atoms with Gasteiger partial charge in [-0.2, -0.15) is 0 Å². The third-order valence-electron chi connectivity index (χ3n) is 3.09. The Morgan fingerprint density at radius 2 is 2.30 bits per heavy atom. The lowest BCUT2D eigenvalue weighted by atomic mass is 10.2. The van der Waals surface area contributed by atoms with Crippen LogP contribution in [0.1, 0.15) is 16.8 Å². The molecule has 2 rings (SSSR count). The van der Waals surface area contributed by atoms with Crippen molar-refractivity contribution < 1.29 is 4.79 Å². The number of hydrogen-bond donors (Lipinski definition) is 1. The fourth-order valence-electron chi connectivity index (χ4n) is 2.03. The lowest BCUT2D eigenvalue weighted by Crippen LogP contribution is -2.26. The van der Waals surface area contributed by atoms with E-state index in [0.717, 1.165) is 19.5 Å². The molecule has 0 radical (unpaired) electrons. The van der Waals surface area contributed by atoms with Crippen LogP contribution in [0, 0.1) is 0 Å². The van der Waals surface area contributed by atoms with Crippen molar-refractivity contribution in [1.82, 2.24) is 19.9 Å². The van der Waals surface area contributed by atoms with Gasteiger partial charge in [0, 0.05) is 45.8 Å². The van der Waals surface area contributed by atoms with Crippen LogP contribution < -0.4 is 10.2 Å². The quantitative estimate of drug-likeness (QED) is 0.858. The molecule has 6 heteroatoms. The normalized spacial score (nSPS) is 10.3. The Kier molecular flexibility index (Phi) is 4.70. The number of aromatic nitrogens is 3. The smallest absolute Gasteiger partial charge is 0.254 e. The van der Waals surface area contributed by atoms with Crippen molar-refractivity contribution in [3.05, 3.63) is 42.6 Å². The summed E-state index contributed by atoms with van der Waals surface area (Å²) in [5, 5.41) is 2.64. The molecule has 106 valence electrons. The molecular formula is C14H19N5O. The molecule has 0 saturated carbocycles. The Labute approximate surface area is 118 Å². The van der Waals surface area contributed by atoms with E-state index in [4.69, 9.17) is 0 Å². The number of imidazole rings is 1. The molecule has 0 aliphatic carbocycles. The molecule has 0 aromatic carbocycles. The molecule has 1 amide bonds. The van der Waals surface area contributed by atoms with Gasteiger partial charge in [-0.05, 0) is 18.6 Å². The van der Waals surface area contributed by atoms with Crippen LogP contribution in [0.3, 0.4) is 0 Å². The molecule has 0 saturated heterocycles. The van der Waals surface area contributed by atoms with Gasteiger partial charge < -0.3 is 14.8 Å². The Bertz CT molecular complexity index is 552. The van der Waals surface area contributed by atoms with Gasteiger partial charge in [-0.1, -0.05) is 0 Å². The van der Waals surface area contributed by atoms with E-state index < -0.39 is 0 Å². The number of anilines is 1. The number of carbonyl (C=O) groups is 1. The SMILES string of the molecule is CNC(=O)c1cccnc1N(C)CCCn1ccnc1. The molecule has 0 bridgehead atoms. The summed E-state index contributed by atoms with van der Waals surface area (Å²) in [4.78, 5) is 22.1. The lowest BCUT2D eigenvalue weighted by Gasteiger charge is -2.20. The van der Waals surface area contributed by atoms with Crippen molar-refractivity contribution >= 4 is 11.7 Å². The van der Waals surface area contributed by atoms with E-state index in [-0.39, 0.29) is 5.91 Å². The Morgan fingerprint density at radius 3 is 3.00 bits per heavy atom. The molecular weight excluding hydrogens is 254 g/mol. The third-order valence-corrected chi connectivity index (χ3v) is 3.09. The number of rotatable bonds is 6. The maximum absolute atomic E-state index is 11.8. The van der Waals surface area contributed by atoms with Crippen molar-refractivity contribution in [3.8, 4) is 0 Å². The summed E-state index contributed by atoms with van der Waals surface area (Å²) in [6.45, 7) is 1.71. The summed E-state index contributed by atoms with van der Waals surface area (Å²) in [7, 11) is 3.57. The Hall–Kier alpha value is -2.37. The maximum Gasteiger partial charge on any atom is 0.254 e. The first kappa shape index (κ1) is 14.0. The van der Waals surface area contributed by atoms with Crippen LogP contribution >= 0.6 is 0 Å². The van der Waals surface area contributed by atoms with E-state index in [9.17, 15) is 4.79 Å². The van der Waals surface area contributed by atoms with Crippen LogP contribution in [0.5, 0.6) is 0 Å². The minimum Gasteiger partial charge on any atom is -0.359 e. The van der Waals surface area contributed by atoms with Crippen LogP contribution in [0.4, 0.5) is 5.82 Å².